The van der Waals surface area contributed by atoms with Crippen LogP contribution in [0.4, 0.5) is 5.82 Å². The van der Waals surface area contributed by atoms with E-state index in [0.717, 1.165) is 10.0 Å². The van der Waals surface area contributed by atoms with E-state index in [1.54, 1.807) is 12.1 Å². The molecule has 0 fully saturated rings. The monoisotopic (exact) mass is 334 g/mol. The molecule has 102 valence electrons. The predicted molar refractivity (Wildman–Crippen MR) is 78.0 cm³/mol. The summed E-state index contributed by atoms with van der Waals surface area (Å²) < 4.78 is 0.831. The van der Waals surface area contributed by atoms with Crippen LogP contribution >= 0.6 is 15.9 Å². The van der Waals surface area contributed by atoms with Crippen molar-refractivity contribution in [2.24, 2.45) is 0 Å². The standard InChI is InChI=1S/C14H11BrN2O3/c1-8-5-6-9(7-10(8)15)13(18)17-12-4-2-3-11(16-12)14(19)20/h2-7H,1H3,(H,19,20)(H,16,17,18). The molecular formula is C14H11BrN2O3. The van der Waals surface area contributed by atoms with Crippen LogP contribution in [0.2, 0.25) is 0 Å². The Hall–Kier alpha value is -2.21. The zero-order valence-corrected chi connectivity index (χ0v) is 12.1. The van der Waals surface area contributed by atoms with Crippen molar-refractivity contribution in [1.29, 1.82) is 0 Å². The van der Waals surface area contributed by atoms with Crippen LogP contribution < -0.4 is 5.32 Å². The Kier molecular flexibility index (Phi) is 4.14. The number of carbonyl (C=O) groups excluding carboxylic acids is 1. The summed E-state index contributed by atoms with van der Waals surface area (Å²) in [6, 6.07) is 9.63. The fourth-order valence-corrected chi connectivity index (χ4v) is 1.92. The minimum atomic E-state index is -1.14. The van der Waals surface area contributed by atoms with Crippen molar-refractivity contribution in [3.05, 3.63) is 57.7 Å². The highest BCUT2D eigenvalue weighted by atomic mass is 79.9. The lowest BCUT2D eigenvalue weighted by atomic mass is 10.1. The number of nitrogens with zero attached hydrogens (tertiary/aromatic N) is 1. The van der Waals surface area contributed by atoms with Gasteiger partial charge in [0.1, 0.15) is 5.82 Å². The van der Waals surface area contributed by atoms with Gasteiger partial charge in [-0.15, -0.1) is 0 Å². The molecule has 1 amide bonds. The molecule has 0 aliphatic heterocycles. The maximum atomic E-state index is 12.0. The number of hydrogen-bond acceptors (Lipinski definition) is 3. The second kappa shape index (κ2) is 5.83. The van der Waals surface area contributed by atoms with Crippen LogP contribution in [-0.2, 0) is 0 Å². The zero-order valence-electron chi connectivity index (χ0n) is 10.6. The molecule has 1 aromatic carbocycles. The molecule has 2 N–H and O–H groups in total. The first-order chi connectivity index (χ1) is 9.47. The summed E-state index contributed by atoms with van der Waals surface area (Å²) in [5.74, 6) is -1.29. The molecule has 5 nitrogen and oxygen atoms in total. The van der Waals surface area contributed by atoms with Gasteiger partial charge < -0.3 is 10.4 Å². The van der Waals surface area contributed by atoms with Crippen LogP contribution in [0.15, 0.2) is 40.9 Å². The summed E-state index contributed by atoms with van der Waals surface area (Å²) in [7, 11) is 0. The van der Waals surface area contributed by atoms with Gasteiger partial charge in [-0.25, -0.2) is 9.78 Å². The molecule has 6 heteroatoms. The van der Waals surface area contributed by atoms with Crippen LogP contribution in [0.5, 0.6) is 0 Å². The number of anilines is 1. The maximum absolute atomic E-state index is 12.0. The number of aromatic nitrogens is 1. The van der Waals surface area contributed by atoms with Crippen LogP contribution in [0.3, 0.4) is 0 Å². The van der Waals surface area contributed by atoms with Crippen molar-refractivity contribution in [2.45, 2.75) is 6.92 Å². The molecule has 0 atom stereocenters. The highest BCUT2D eigenvalue weighted by Gasteiger charge is 2.10. The Morgan fingerprint density at radius 1 is 1.25 bits per heavy atom. The highest BCUT2D eigenvalue weighted by molar-refractivity contribution is 9.10. The van der Waals surface area contributed by atoms with Gasteiger partial charge in [0.15, 0.2) is 5.69 Å². The molecule has 0 spiro atoms. The first kappa shape index (κ1) is 14.2. The SMILES string of the molecule is Cc1ccc(C(=O)Nc2cccc(C(=O)O)n2)cc1Br. The summed E-state index contributed by atoms with van der Waals surface area (Å²) in [5.41, 5.74) is 1.37. The lowest BCUT2D eigenvalue weighted by molar-refractivity contribution is 0.0690. The summed E-state index contributed by atoms with van der Waals surface area (Å²) in [6.45, 7) is 1.92. The molecule has 0 aliphatic carbocycles. The normalized spacial score (nSPS) is 10.1. The Morgan fingerprint density at radius 3 is 2.65 bits per heavy atom. The van der Waals surface area contributed by atoms with Gasteiger partial charge in [-0.3, -0.25) is 4.79 Å². The number of pyridine rings is 1. The lowest BCUT2D eigenvalue weighted by Gasteiger charge is -2.06. The molecule has 2 rings (SSSR count). The second-order valence-electron chi connectivity index (χ2n) is 4.13. The average Bonchev–Trinajstić information content (AvgIpc) is 2.42. The number of carboxylic acid groups (broad SMARTS) is 1. The van der Waals surface area contributed by atoms with Gasteiger partial charge in [0.05, 0.1) is 0 Å². The fourth-order valence-electron chi connectivity index (χ4n) is 1.55. The third-order valence-electron chi connectivity index (χ3n) is 2.64. The van der Waals surface area contributed by atoms with Gasteiger partial charge in [-0.05, 0) is 36.8 Å². The predicted octanol–water partition coefficient (Wildman–Crippen LogP) is 3.10. The van der Waals surface area contributed by atoms with Crippen LogP contribution in [0.25, 0.3) is 0 Å². The Morgan fingerprint density at radius 2 is 2.00 bits per heavy atom. The van der Waals surface area contributed by atoms with E-state index < -0.39 is 5.97 Å². The molecule has 2 aromatic rings. The van der Waals surface area contributed by atoms with E-state index in [1.807, 2.05) is 13.0 Å². The number of rotatable bonds is 3. The number of benzene rings is 1. The van der Waals surface area contributed by atoms with Crippen LogP contribution in [0, 0.1) is 6.92 Å². The molecular weight excluding hydrogens is 324 g/mol. The molecule has 0 bridgehead atoms. The van der Waals surface area contributed by atoms with Crippen LogP contribution in [-0.4, -0.2) is 22.0 Å². The quantitative estimate of drug-likeness (QED) is 0.903. The summed E-state index contributed by atoms with van der Waals surface area (Å²) in [4.78, 5) is 26.7. The second-order valence-corrected chi connectivity index (χ2v) is 4.99. The van der Waals surface area contributed by atoms with Crippen molar-refractivity contribution < 1.29 is 14.7 Å². The number of carboxylic acids is 1. The molecule has 1 heterocycles. The molecule has 0 saturated carbocycles. The third-order valence-corrected chi connectivity index (χ3v) is 3.50. The minimum Gasteiger partial charge on any atom is -0.477 e. The van der Waals surface area contributed by atoms with Gasteiger partial charge in [-0.2, -0.15) is 0 Å². The minimum absolute atomic E-state index is 0.118. The summed E-state index contributed by atoms with van der Waals surface area (Å²) in [5, 5.41) is 11.4. The number of amides is 1. The lowest BCUT2D eigenvalue weighted by Crippen LogP contribution is -2.14. The largest absolute Gasteiger partial charge is 0.477 e. The van der Waals surface area contributed by atoms with Crippen molar-refractivity contribution >= 4 is 33.6 Å². The summed E-state index contributed by atoms with van der Waals surface area (Å²) >= 11 is 3.36. The number of aromatic carboxylic acids is 1. The van der Waals surface area contributed by atoms with Crippen molar-refractivity contribution in [3.63, 3.8) is 0 Å². The van der Waals surface area contributed by atoms with Gasteiger partial charge in [0, 0.05) is 10.0 Å². The highest BCUT2D eigenvalue weighted by Crippen LogP contribution is 2.18. The van der Waals surface area contributed by atoms with E-state index in [4.69, 9.17) is 5.11 Å². The van der Waals surface area contributed by atoms with E-state index >= 15 is 0 Å². The van der Waals surface area contributed by atoms with E-state index in [1.165, 1.54) is 18.2 Å². The van der Waals surface area contributed by atoms with Crippen LogP contribution in [0.1, 0.15) is 26.4 Å². The third kappa shape index (κ3) is 3.21. The van der Waals surface area contributed by atoms with Crippen molar-refractivity contribution in [2.75, 3.05) is 5.32 Å². The van der Waals surface area contributed by atoms with Gasteiger partial charge in [-0.1, -0.05) is 28.1 Å². The molecule has 0 aliphatic rings. The van der Waals surface area contributed by atoms with E-state index in [9.17, 15) is 9.59 Å². The smallest absolute Gasteiger partial charge is 0.354 e. The van der Waals surface area contributed by atoms with Gasteiger partial charge in [0.2, 0.25) is 0 Å². The summed E-state index contributed by atoms with van der Waals surface area (Å²) in [6.07, 6.45) is 0. The first-order valence-electron chi connectivity index (χ1n) is 5.75. The average molecular weight is 335 g/mol. The molecule has 20 heavy (non-hydrogen) atoms. The molecule has 0 unspecified atom stereocenters. The Labute approximate surface area is 123 Å². The Bertz CT molecular complexity index is 686. The van der Waals surface area contributed by atoms with E-state index in [2.05, 4.69) is 26.2 Å². The first-order valence-corrected chi connectivity index (χ1v) is 6.54. The molecule has 0 saturated heterocycles. The Balaban J connectivity index is 2.21. The van der Waals surface area contributed by atoms with Gasteiger partial charge >= 0.3 is 5.97 Å². The topological polar surface area (TPSA) is 79.3 Å². The number of halogens is 1. The number of aryl methyl sites for hydroxylation is 1. The number of carbonyl (C=O) groups is 2. The molecule has 1 aromatic heterocycles. The number of hydrogen-bond donors (Lipinski definition) is 2. The maximum Gasteiger partial charge on any atom is 0.354 e. The fraction of sp³-hybridized carbons (Fsp3) is 0.0714. The van der Waals surface area contributed by atoms with Gasteiger partial charge in [0.25, 0.3) is 5.91 Å². The van der Waals surface area contributed by atoms with E-state index in [0.29, 0.717) is 5.56 Å². The zero-order chi connectivity index (χ0) is 14.7. The molecule has 0 radical (unpaired) electrons. The van der Waals surface area contributed by atoms with E-state index in [-0.39, 0.29) is 17.4 Å². The number of nitrogens with one attached hydrogen (secondary N) is 1. The van der Waals surface area contributed by atoms with Crippen molar-refractivity contribution in [3.8, 4) is 0 Å². The van der Waals surface area contributed by atoms with Crippen molar-refractivity contribution in [1.82, 2.24) is 4.98 Å².